The Hall–Kier alpha value is -1.52. The SMILES string of the molecule is Cc1cc(-c2cccc([C@@H]3CN(C)Cc4c(Cl)cc(Cl)cc43)c2)on1.Cl. The van der Waals surface area contributed by atoms with E-state index in [1.165, 1.54) is 11.1 Å². The fourth-order valence-corrected chi connectivity index (χ4v) is 4.11. The van der Waals surface area contributed by atoms with Crippen LogP contribution in [0.25, 0.3) is 11.3 Å². The Balaban J connectivity index is 0.00000196. The van der Waals surface area contributed by atoms with Gasteiger partial charge in [0, 0.05) is 40.7 Å². The van der Waals surface area contributed by atoms with Crippen LogP contribution >= 0.6 is 35.6 Å². The van der Waals surface area contributed by atoms with Crippen LogP contribution in [0.3, 0.4) is 0 Å². The number of fused-ring (bicyclic) bond motifs is 1. The molecule has 6 heteroatoms. The van der Waals surface area contributed by atoms with E-state index in [4.69, 9.17) is 27.7 Å². The van der Waals surface area contributed by atoms with Crippen LogP contribution in [-0.4, -0.2) is 23.6 Å². The van der Waals surface area contributed by atoms with Gasteiger partial charge in [0.05, 0.1) is 5.69 Å². The van der Waals surface area contributed by atoms with Crippen LogP contribution in [0.1, 0.15) is 28.3 Å². The lowest BCUT2D eigenvalue weighted by Crippen LogP contribution is -2.31. The first-order valence-electron chi connectivity index (χ1n) is 8.21. The largest absolute Gasteiger partial charge is 0.356 e. The lowest BCUT2D eigenvalue weighted by Gasteiger charge is -2.33. The predicted octanol–water partition coefficient (Wildman–Crippen LogP) is 5.96. The van der Waals surface area contributed by atoms with Crippen molar-refractivity contribution in [2.45, 2.75) is 19.4 Å². The summed E-state index contributed by atoms with van der Waals surface area (Å²) in [6, 6.07) is 14.2. The summed E-state index contributed by atoms with van der Waals surface area (Å²) in [5, 5.41) is 5.41. The van der Waals surface area contributed by atoms with Crippen LogP contribution in [0.5, 0.6) is 0 Å². The van der Waals surface area contributed by atoms with Gasteiger partial charge in [0.2, 0.25) is 0 Å². The fourth-order valence-electron chi connectivity index (χ4n) is 3.54. The molecule has 0 spiro atoms. The molecule has 1 aromatic heterocycles. The van der Waals surface area contributed by atoms with Crippen LogP contribution in [0.4, 0.5) is 0 Å². The smallest absolute Gasteiger partial charge is 0.167 e. The minimum absolute atomic E-state index is 0. The fraction of sp³-hybridized carbons (Fsp3) is 0.250. The van der Waals surface area contributed by atoms with Crippen molar-refractivity contribution in [2.75, 3.05) is 13.6 Å². The monoisotopic (exact) mass is 408 g/mol. The maximum Gasteiger partial charge on any atom is 0.167 e. The maximum atomic E-state index is 6.46. The first-order valence-corrected chi connectivity index (χ1v) is 8.97. The quantitative estimate of drug-likeness (QED) is 0.523. The van der Waals surface area contributed by atoms with E-state index in [2.05, 4.69) is 35.3 Å². The molecule has 26 heavy (non-hydrogen) atoms. The molecule has 0 unspecified atom stereocenters. The minimum Gasteiger partial charge on any atom is -0.356 e. The molecular formula is C20H19Cl3N2O. The van der Waals surface area contributed by atoms with Crippen LogP contribution in [-0.2, 0) is 6.54 Å². The van der Waals surface area contributed by atoms with Gasteiger partial charge in [-0.05, 0) is 48.9 Å². The van der Waals surface area contributed by atoms with Gasteiger partial charge in [-0.1, -0.05) is 46.6 Å². The van der Waals surface area contributed by atoms with E-state index in [9.17, 15) is 0 Å². The second-order valence-electron chi connectivity index (χ2n) is 6.66. The zero-order valence-corrected chi connectivity index (χ0v) is 16.8. The topological polar surface area (TPSA) is 29.3 Å². The average molecular weight is 410 g/mol. The van der Waals surface area contributed by atoms with Crippen molar-refractivity contribution < 1.29 is 4.52 Å². The number of aromatic nitrogens is 1. The molecule has 0 amide bonds. The van der Waals surface area contributed by atoms with Crippen LogP contribution < -0.4 is 0 Å². The number of benzene rings is 2. The highest BCUT2D eigenvalue weighted by Crippen LogP contribution is 2.39. The molecule has 0 bridgehead atoms. The van der Waals surface area contributed by atoms with Crippen molar-refractivity contribution in [2.24, 2.45) is 0 Å². The molecule has 1 aliphatic heterocycles. The predicted molar refractivity (Wildman–Crippen MR) is 109 cm³/mol. The Bertz CT molecular complexity index is 939. The summed E-state index contributed by atoms with van der Waals surface area (Å²) in [5.41, 5.74) is 5.49. The number of aryl methyl sites for hydroxylation is 1. The lowest BCUT2D eigenvalue weighted by atomic mass is 9.84. The molecular weight excluding hydrogens is 391 g/mol. The second-order valence-corrected chi connectivity index (χ2v) is 7.51. The summed E-state index contributed by atoms with van der Waals surface area (Å²) in [5.74, 6) is 1.00. The molecule has 136 valence electrons. The van der Waals surface area contributed by atoms with Gasteiger partial charge < -0.3 is 9.42 Å². The van der Waals surface area contributed by atoms with Crippen LogP contribution in [0, 0.1) is 6.92 Å². The van der Waals surface area contributed by atoms with E-state index < -0.39 is 0 Å². The summed E-state index contributed by atoms with van der Waals surface area (Å²) in [4.78, 5) is 2.29. The molecule has 3 nitrogen and oxygen atoms in total. The van der Waals surface area contributed by atoms with Gasteiger partial charge in [0.25, 0.3) is 0 Å². The molecule has 0 saturated carbocycles. The molecule has 0 aliphatic carbocycles. The van der Waals surface area contributed by atoms with Crippen molar-refractivity contribution >= 4 is 35.6 Å². The summed E-state index contributed by atoms with van der Waals surface area (Å²) in [7, 11) is 2.12. The van der Waals surface area contributed by atoms with Gasteiger partial charge in [-0.3, -0.25) is 0 Å². The Kier molecular flexibility index (Phi) is 5.64. The Morgan fingerprint density at radius 2 is 1.96 bits per heavy atom. The van der Waals surface area contributed by atoms with E-state index >= 15 is 0 Å². The van der Waals surface area contributed by atoms with E-state index in [0.29, 0.717) is 5.02 Å². The molecule has 0 radical (unpaired) electrons. The third-order valence-corrected chi connectivity index (χ3v) is 5.25. The van der Waals surface area contributed by atoms with E-state index in [1.54, 1.807) is 0 Å². The summed E-state index contributed by atoms with van der Waals surface area (Å²) in [6.45, 7) is 3.68. The molecule has 1 aliphatic rings. The molecule has 2 heterocycles. The highest BCUT2D eigenvalue weighted by Gasteiger charge is 2.27. The number of nitrogens with zero attached hydrogens (tertiary/aromatic N) is 2. The number of halogens is 3. The molecule has 0 N–H and O–H groups in total. The molecule has 1 atom stereocenters. The molecule has 0 saturated heterocycles. The molecule has 0 fully saturated rings. The van der Waals surface area contributed by atoms with Crippen LogP contribution in [0.2, 0.25) is 10.0 Å². The second kappa shape index (κ2) is 7.61. The van der Waals surface area contributed by atoms with Crippen molar-refractivity contribution in [3.8, 4) is 11.3 Å². The number of hydrogen-bond donors (Lipinski definition) is 0. The minimum atomic E-state index is 0. The van der Waals surface area contributed by atoms with E-state index in [1.807, 2.05) is 31.2 Å². The van der Waals surface area contributed by atoms with Gasteiger partial charge in [0.1, 0.15) is 0 Å². The average Bonchev–Trinajstić information content (AvgIpc) is 3.02. The zero-order valence-electron chi connectivity index (χ0n) is 14.5. The summed E-state index contributed by atoms with van der Waals surface area (Å²) >= 11 is 12.7. The lowest BCUT2D eigenvalue weighted by molar-refractivity contribution is 0.295. The Labute approximate surface area is 169 Å². The van der Waals surface area contributed by atoms with Crippen molar-refractivity contribution in [1.82, 2.24) is 10.1 Å². The zero-order chi connectivity index (χ0) is 17.6. The Morgan fingerprint density at radius 1 is 1.15 bits per heavy atom. The number of likely N-dealkylation sites (N-methyl/N-ethyl adjacent to an activating group) is 1. The van der Waals surface area contributed by atoms with Gasteiger partial charge in [-0.2, -0.15) is 0 Å². The molecule has 3 aromatic rings. The van der Waals surface area contributed by atoms with Crippen molar-refractivity contribution in [3.63, 3.8) is 0 Å². The highest BCUT2D eigenvalue weighted by atomic mass is 35.5. The van der Waals surface area contributed by atoms with Gasteiger partial charge >= 0.3 is 0 Å². The van der Waals surface area contributed by atoms with Gasteiger partial charge in [-0.15, -0.1) is 12.4 Å². The van der Waals surface area contributed by atoms with Crippen molar-refractivity contribution in [1.29, 1.82) is 0 Å². The summed E-state index contributed by atoms with van der Waals surface area (Å²) in [6.07, 6.45) is 0. The third kappa shape index (κ3) is 3.63. The maximum absolute atomic E-state index is 6.46. The Morgan fingerprint density at radius 3 is 2.69 bits per heavy atom. The first kappa shape index (κ1) is 19.2. The van der Waals surface area contributed by atoms with E-state index in [0.717, 1.165) is 40.7 Å². The number of hydrogen-bond acceptors (Lipinski definition) is 3. The van der Waals surface area contributed by atoms with Crippen LogP contribution in [0.15, 0.2) is 47.0 Å². The van der Waals surface area contributed by atoms with Crippen molar-refractivity contribution in [3.05, 3.63) is 74.9 Å². The van der Waals surface area contributed by atoms with E-state index in [-0.39, 0.29) is 18.3 Å². The molecule has 2 aromatic carbocycles. The molecule has 4 rings (SSSR count). The first-order chi connectivity index (χ1) is 12.0. The van der Waals surface area contributed by atoms with Gasteiger partial charge in [0.15, 0.2) is 5.76 Å². The standard InChI is InChI=1S/C20H18Cl2N2O.ClH/c1-12-6-20(25-23-12)14-5-3-4-13(7-14)17-10-24(2)11-18-16(17)8-15(21)9-19(18)22;/h3-9,17H,10-11H2,1-2H3;1H/t17-;/m0./s1. The number of rotatable bonds is 2. The summed E-state index contributed by atoms with van der Waals surface area (Å²) < 4.78 is 5.42. The van der Waals surface area contributed by atoms with Gasteiger partial charge in [-0.25, -0.2) is 0 Å². The highest BCUT2D eigenvalue weighted by molar-refractivity contribution is 6.35. The normalized spacial score (nSPS) is 16.8. The third-order valence-electron chi connectivity index (χ3n) is 4.69.